The lowest BCUT2D eigenvalue weighted by molar-refractivity contribution is 0.209. The van der Waals surface area contributed by atoms with Gasteiger partial charge in [-0.3, -0.25) is 0 Å². The van der Waals surface area contributed by atoms with Crippen LogP contribution in [0.25, 0.3) is 0 Å². The van der Waals surface area contributed by atoms with Crippen LogP contribution in [0.5, 0.6) is 11.5 Å². The Kier molecular flexibility index (Phi) is 6.12. The zero-order valence-corrected chi connectivity index (χ0v) is 12.1. The Hall–Kier alpha value is -1.26. The van der Waals surface area contributed by atoms with E-state index in [2.05, 4.69) is 13.8 Å². The van der Waals surface area contributed by atoms with Gasteiger partial charge in [-0.05, 0) is 37.5 Å². The van der Waals surface area contributed by atoms with Crippen LogP contribution in [0, 0.1) is 0 Å². The summed E-state index contributed by atoms with van der Waals surface area (Å²) in [5.41, 5.74) is 6.11. The summed E-state index contributed by atoms with van der Waals surface area (Å²) in [7, 11) is 0. The van der Waals surface area contributed by atoms with E-state index in [0.717, 1.165) is 24.2 Å². The van der Waals surface area contributed by atoms with Crippen LogP contribution in [0.3, 0.4) is 0 Å². The summed E-state index contributed by atoms with van der Waals surface area (Å²) in [6.45, 7) is 7.07. The highest BCUT2D eigenvalue weighted by molar-refractivity contribution is 5.45. The van der Waals surface area contributed by atoms with Gasteiger partial charge in [0.2, 0.25) is 0 Å². The number of ether oxygens (including phenoxy) is 2. The van der Waals surface area contributed by atoms with Gasteiger partial charge in [-0.25, -0.2) is 0 Å². The summed E-state index contributed by atoms with van der Waals surface area (Å²) in [4.78, 5) is 0. The van der Waals surface area contributed by atoms with Crippen LogP contribution in [0.15, 0.2) is 18.2 Å². The minimum atomic E-state index is -0.770. The minimum Gasteiger partial charge on any atom is -0.490 e. The summed E-state index contributed by atoms with van der Waals surface area (Å²) in [6, 6.07) is 5.59. The molecule has 108 valence electrons. The Morgan fingerprint density at radius 1 is 1.11 bits per heavy atom. The molecule has 1 rings (SSSR count). The number of hydrogen-bond donors (Lipinski definition) is 2. The maximum absolute atomic E-state index is 9.33. The van der Waals surface area contributed by atoms with Gasteiger partial charge < -0.3 is 20.3 Å². The zero-order chi connectivity index (χ0) is 14.3. The average Bonchev–Trinajstić information content (AvgIpc) is 2.43. The largest absolute Gasteiger partial charge is 0.490 e. The standard InChI is InChI=1S/C15H25NO3/c1-4-8-18-13-7-6-12(15(3,16)11-17)10-14(13)19-9-5-2/h6-7,10,17H,4-5,8-9,11,16H2,1-3H3. The van der Waals surface area contributed by atoms with Crippen molar-refractivity contribution in [3.8, 4) is 11.5 Å². The molecule has 0 radical (unpaired) electrons. The molecule has 19 heavy (non-hydrogen) atoms. The van der Waals surface area contributed by atoms with Crippen molar-refractivity contribution in [2.75, 3.05) is 19.8 Å². The molecule has 4 heteroatoms. The van der Waals surface area contributed by atoms with Crippen molar-refractivity contribution in [2.45, 2.75) is 39.2 Å². The molecule has 0 aliphatic carbocycles. The van der Waals surface area contributed by atoms with E-state index in [9.17, 15) is 5.11 Å². The smallest absolute Gasteiger partial charge is 0.161 e. The van der Waals surface area contributed by atoms with Gasteiger partial charge in [0.15, 0.2) is 11.5 Å². The van der Waals surface area contributed by atoms with Gasteiger partial charge in [0.25, 0.3) is 0 Å². The predicted octanol–water partition coefficient (Wildman–Crippen LogP) is 2.43. The summed E-state index contributed by atoms with van der Waals surface area (Å²) < 4.78 is 11.4. The lowest BCUT2D eigenvalue weighted by Crippen LogP contribution is -2.36. The van der Waals surface area contributed by atoms with Crippen LogP contribution in [-0.2, 0) is 5.54 Å². The van der Waals surface area contributed by atoms with Crippen molar-refractivity contribution in [1.29, 1.82) is 0 Å². The third kappa shape index (κ3) is 4.40. The Morgan fingerprint density at radius 2 is 1.68 bits per heavy atom. The maximum Gasteiger partial charge on any atom is 0.161 e. The summed E-state index contributed by atoms with van der Waals surface area (Å²) in [5, 5.41) is 9.33. The number of rotatable bonds is 8. The molecule has 0 aromatic heterocycles. The van der Waals surface area contributed by atoms with E-state index in [-0.39, 0.29) is 6.61 Å². The van der Waals surface area contributed by atoms with Crippen LogP contribution < -0.4 is 15.2 Å². The van der Waals surface area contributed by atoms with Crippen LogP contribution in [-0.4, -0.2) is 24.9 Å². The molecule has 0 amide bonds. The predicted molar refractivity (Wildman–Crippen MR) is 76.6 cm³/mol. The topological polar surface area (TPSA) is 64.7 Å². The lowest BCUT2D eigenvalue weighted by Gasteiger charge is -2.24. The Bertz CT molecular complexity index is 391. The van der Waals surface area contributed by atoms with Gasteiger partial charge in [0, 0.05) is 0 Å². The van der Waals surface area contributed by atoms with E-state index < -0.39 is 5.54 Å². The van der Waals surface area contributed by atoms with Crippen molar-refractivity contribution in [3.05, 3.63) is 23.8 Å². The van der Waals surface area contributed by atoms with Crippen molar-refractivity contribution in [3.63, 3.8) is 0 Å². The van der Waals surface area contributed by atoms with E-state index in [0.29, 0.717) is 19.0 Å². The summed E-state index contributed by atoms with van der Waals surface area (Å²) in [6.07, 6.45) is 1.87. The summed E-state index contributed by atoms with van der Waals surface area (Å²) in [5.74, 6) is 1.42. The summed E-state index contributed by atoms with van der Waals surface area (Å²) >= 11 is 0. The fourth-order valence-electron chi connectivity index (χ4n) is 1.61. The van der Waals surface area contributed by atoms with Crippen LogP contribution in [0.1, 0.15) is 39.2 Å². The number of benzene rings is 1. The molecule has 0 saturated heterocycles. The van der Waals surface area contributed by atoms with Gasteiger partial charge in [0.05, 0.1) is 25.4 Å². The third-order valence-corrected chi connectivity index (χ3v) is 2.86. The minimum absolute atomic E-state index is 0.116. The fraction of sp³-hybridized carbons (Fsp3) is 0.600. The normalized spacial score (nSPS) is 13.9. The average molecular weight is 267 g/mol. The first-order valence-corrected chi connectivity index (χ1v) is 6.85. The van der Waals surface area contributed by atoms with Crippen molar-refractivity contribution in [2.24, 2.45) is 5.73 Å². The van der Waals surface area contributed by atoms with E-state index in [1.54, 1.807) is 6.92 Å². The van der Waals surface area contributed by atoms with Gasteiger partial charge in [-0.1, -0.05) is 19.9 Å². The number of aliphatic hydroxyl groups excluding tert-OH is 1. The number of hydrogen-bond acceptors (Lipinski definition) is 4. The van der Waals surface area contributed by atoms with Gasteiger partial charge in [0.1, 0.15) is 0 Å². The highest BCUT2D eigenvalue weighted by Crippen LogP contribution is 2.32. The van der Waals surface area contributed by atoms with Gasteiger partial charge in [-0.15, -0.1) is 0 Å². The molecule has 4 nitrogen and oxygen atoms in total. The molecule has 1 unspecified atom stereocenters. The molecule has 0 heterocycles. The molecule has 0 aliphatic heterocycles. The second-order valence-electron chi connectivity index (χ2n) is 4.93. The third-order valence-electron chi connectivity index (χ3n) is 2.86. The molecular weight excluding hydrogens is 242 g/mol. The van der Waals surface area contributed by atoms with Crippen LogP contribution in [0.2, 0.25) is 0 Å². The van der Waals surface area contributed by atoms with Crippen molar-refractivity contribution in [1.82, 2.24) is 0 Å². The highest BCUT2D eigenvalue weighted by Gasteiger charge is 2.21. The first-order chi connectivity index (χ1) is 9.05. The maximum atomic E-state index is 9.33. The van der Waals surface area contributed by atoms with E-state index in [4.69, 9.17) is 15.2 Å². The first-order valence-electron chi connectivity index (χ1n) is 6.85. The van der Waals surface area contributed by atoms with Crippen LogP contribution in [0.4, 0.5) is 0 Å². The molecule has 1 aromatic rings. The SMILES string of the molecule is CCCOc1ccc(C(C)(N)CO)cc1OCCC. The Morgan fingerprint density at radius 3 is 2.21 bits per heavy atom. The molecule has 0 spiro atoms. The van der Waals surface area contributed by atoms with E-state index >= 15 is 0 Å². The van der Waals surface area contributed by atoms with E-state index in [1.165, 1.54) is 0 Å². The first kappa shape index (κ1) is 15.8. The van der Waals surface area contributed by atoms with Crippen LogP contribution >= 0.6 is 0 Å². The second kappa shape index (κ2) is 7.36. The molecule has 0 bridgehead atoms. The molecule has 3 N–H and O–H groups in total. The molecule has 0 fully saturated rings. The van der Waals surface area contributed by atoms with Gasteiger partial charge >= 0.3 is 0 Å². The zero-order valence-electron chi connectivity index (χ0n) is 12.1. The fourth-order valence-corrected chi connectivity index (χ4v) is 1.61. The molecule has 0 aliphatic rings. The lowest BCUT2D eigenvalue weighted by atomic mass is 9.94. The monoisotopic (exact) mass is 267 g/mol. The molecular formula is C15H25NO3. The molecule has 0 saturated carbocycles. The van der Waals surface area contributed by atoms with Gasteiger partial charge in [-0.2, -0.15) is 0 Å². The Balaban J connectivity index is 3.00. The quantitative estimate of drug-likeness (QED) is 0.759. The van der Waals surface area contributed by atoms with Crippen molar-refractivity contribution < 1.29 is 14.6 Å². The highest BCUT2D eigenvalue weighted by atomic mass is 16.5. The van der Waals surface area contributed by atoms with E-state index in [1.807, 2.05) is 18.2 Å². The number of nitrogens with two attached hydrogens (primary N) is 1. The molecule has 1 atom stereocenters. The van der Waals surface area contributed by atoms with Crippen molar-refractivity contribution >= 4 is 0 Å². The number of aliphatic hydroxyl groups is 1. The molecule has 1 aromatic carbocycles. The second-order valence-corrected chi connectivity index (χ2v) is 4.93. The Labute approximate surface area is 115 Å².